The van der Waals surface area contributed by atoms with Crippen LogP contribution in [0.3, 0.4) is 0 Å². The minimum absolute atomic E-state index is 0.282. The highest BCUT2D eigenvalue weighted by Crippen LogP contribution is 1.98. The smallest absolute Gasteiger partial charge is 0.108 e. The molecule has 0 saturated heterocycles. The summed E-state index contributed by atoms with van der Waals surface area (Å²) in [6.45, 7) is 0.849. The van der Waals surface area contributed by atoms with Crippen molar-refractivity contribution < 1.29 is 39.0 Å². The summed E-state index contributed by atoms with van der Waals surface area (Å²) in [7, 11) is 11.3. The zero-order chi connectivity index (χ0) is 18.1. The number of aliphatic carboxylic acids is 2. The molecule has 0 unspecified atom stereocenters. The van der Waals surface area contributed by atoms with Gasteiger partial charge in [0.25, 0.3) is 0 Å². The average Bonchev–Trinajstić information content (AvgIpc) is 2.07. The molecule has 0 spiro atoms. The summed E-state index contributed by atoms with van der Waals surface area (Å²) < 4.78 is 1.10. The maximum absolute atomic E-state index is 10.0. The Bertz CT molecular complexity index is 312. The third-order valence-electron chi connectivity index (χ3n) is 2.32. The molecule has 0 aliphatic carbocycles. The maximum atomic E-state index is 10.0. The number of quaternary nitrogens is 2. The van der Waals surface area contributed by atoms with Crippen molar-refractivity contribution in [1.82, 2.24) is 0 Å². The SMILES string of the molecule is C[N+](C)(C)C[C@@H](O)CC(=O)[O-].C[N+](C)(C)C[C@H](O)CC(=O)[O-]. The highest BCUT2D eigenvalue weighted by atomic mass is 16.4. The van der Waals surface area contributed by atoms with Gasteiger partial charge in [-0.25, -0.2) is 0 Å². The fraction of sp³-hybridized carbons (Fsp3) is 0.857. The predicted molar refractivity (Wildman–Crippen MR) is 77.1 cm³/mol. The fourth-order valence-corrected chi connectivity index (χ4v) is 1.78. The molecule has 0 rings (SSSR count). The van der Waals surface area contributed by atoms with Gasteiger partial charge < -0.3 is 39.0 Å². The standard InChI is InChI=1S/2C7H15NO3/c2*1-8(2,3)5-6(9)4-7(10)11/h2*6,9H,4-5H2,1-3H3/t2*6-/m10/s1. The van der Waals surface area contributed by atoms with E-state index in [1.54, 1.807) is 0 Å². The number of aliphatic hydroxyl groups is 2. The molecule has 8 heteroatoms. The van der Waals surface area contributed by atoms with Gasteiger partial charge in [-0.2, -0.15) is 0 Å². The van der Waals surface area contributed by atoms with Gasteiger partial charge in [0.05, 0.1) is 42.3 Å². The first-order valence-electron chi connectivity index (χ1n) is 6.99. The summed E-state index contributed by atoms with van der Waals surface area (Å²) >= 11 is 0. The molecular weight excluding hydrogens is 292 g/mol. The van der Waals surface area contributed by atoms with Gasteiger partial charge in [-0.3, -0.25) is 0 Å². The number of aliphatic hydroxyl groups excluding tert-OH is 2. The highest BCUT2D eigenvalue weighted by molar-refractivity contribution is 5.65. The van der Waals surface area contributed by atoms with Gasteiger partial charge in [0, 0.05) is 24.8 Å². The van der Waals surface area contributed by atoms with Gasteiger partial charge >= 0.3 is 0 Å². The Balaban J connectivity index is 0. The minimum Gasteiger partial charge on any atom is -0.550 e. The van der Waals surface area contributed by atoms with Crippen molar-refractivity contribution in [3.8, 4) is 0 Å². The molecule has 8 nitrogen and oxygen atoms in total. The summed E-state index contributed by atoms with van der Waals surface area (Å²) in [5, 5.41) is 38.3. The second-order valence-corrected chi connectivity index (χ2v) is 7.41. The molecule has 0 fully saturated rings. The predicted octanol–water partition coefficient (Wildman–Crippen LogP) is -3.61. The first-order chi connectivity index (χ1) is 9.62. The molecule has 0 bridgehead atoms. The van der Waals surface area contributed by atoms with Gasteiger partial charge in [0.2, 0.25) is 0 Å². The summed E-state index contributed by atoms with van der Waals surface area (Å²) in [6, 6.07) is 0. The van der Waals surface area contributed by atoms with Crippen LogP contribution in [-0.4, -0.2) is 98.7 Å². The van der Waals surface area contributed by atoms with E-state index in [-0.39, 0.29) is 12.8 Å². The van der Waals surface area contributed by atoms with Crippen molar-refractivity contribution in [2.75, 3.05) is 55.4 Å². The van der Waals surface area contributed by atoms with E-state index in [0.717, 1.165) is 0 Å². The quantitative estimate of drug-likeness (QED) is 0.445. The van der Waals surface area contributed by atoms with Crippen LogP contribution in [0.2, 0.25) is 0 Å². The molecule has 132 valence electrons. The molecule has 0 aromatic rings. The van der Waals surface area contributed by atoms with Crippen molar-refractivity contribution in [3.05, 3.63) is 0 Å². The number of hydrogen-bond donors (Lipinski definition) is 2. The molecule has 2 atom stereocenters. The Morgan fingerprint density at radius 2 is 1.00 bits per heavy atom. The number of hydrogen-bond acceptors (Lipinski definition) is 6. The van der Waals surface area contributed by atoms with Crippen molar-refractivity contribution in [2.24, 2.45) is 0 Å². The maximum Gasteiger partial charge on any atom is 0.108 e. The van der Waals surface area contributed by atoms with Crippen LogP contribution in [0.15, 0.2) is 0 Å². The van der Waals surface area contributed by atoms with E-state index < -0.39 is 24.1 Å². The van der Waals surface area contributed by atoms with Crippen molar-refractivity contribution in [3.63, 3.8) is 0 Å². The van der Waals surface area contributed by atoms with E-state index in [1.807, 2.05) is 42.3 Å². The lowest BCUT2D eigenvalue weighted by Gasteiger charge is -2.26. The van der Waals surface area contributed by atoms with Crippen molar-refractivity contribution in [1.29, 1.82) is 0 Å². The topological polar surface area (TPSA) is 121 Å². The Morgan fingerprint density at radius 3 is 1.14 bits per heavy atom. The number of carbonyl (C=O) groups excluding carboxylic acids is 2. The summed E-state index contributed by atoms with van der Waals surface area (Å²) in [6.07, 6.45) is -2.18. The molecule has 2 N–H and O–H groups in total. The molecule has 22 heavy (non-hydrogen) atoms. The molecule has 0 amide bonds. The number of carboxylic acids is 2. The molecule has 0 aromatic heterocycles. The van der Waals surface area contributed by atoms with Crippen molar-refractivity contribution in [2.45, 2.75) is 25.0 Å². The zero-order valence-electron chi connectivity index (χ0n) is 14.4. The van der Waals surface area contributed by atoms with Gasteiger partial charge in [0.15, 0.2) is 0 Å². The largest absolute Gasteiger partial charge is 0.550 e. The first-order valence-corrected chi connectivity index (χ1v) is 6.99. The molecule has 0 aromatic carbocycles. The molecular formula is C14H30N2O6. The number of carboxylic acid groups (broad SMARTS) is 2. The van der Waals surface area contributed by atoms with Crippen LogP contribution in [0.25, 0.3) is 0 Å². The van der Waals surface area contributed by atoms with Crippen LogP contribution in [0, 0.1) is 0 Å². The van der Waals surface area contributed by atoms with Gasteiger partial charge in [-0.1, -0.05) is 0 Å². The average molecular weight is 322 g/mol. The Labute approximate surface area is 132 Å². The number of rotatable bonds is 8. The van der Waals surface area contributed by atoms with Crippen LogP contribution in [0.1, 0.15) is 12.8 Å². The Hall–Kier alpha value is -1.22. The normalized spacial score (nSPS) is 14.5. The summed E-state index contributed by atoms with van der Waals surface area (Å²) in [5.74, 6) is -2.41. The molecule has 0 aliphatic heterocycles. The highest BCUT2D eigenvalue weighted by Gasteiger charge is 2.15. The third kappa shape index (κ3) is 21.1. The van der Waals surface area contributed by atoms with Crippen LogP contribution < -0.4 is 10.2 Å². The Morgan fingerprint density at radius 1 is 0.773 bits per heavy atom. The lowest BCUT2D eigenvalue weighted by Crippen LogP contribution is -2.43. The van der Waals surface area contributed by atoms with E-state index in [1.165, 1.54) is 0 Å². The molecule has 0 heterocycles. The van der Waals surface area contributed by atoms with Crippen LogP contribution in [0.5, 0.6) is 0 Å². The van der Waals surface area contributed by atoms with Gasteiger partial charge in [-0.05, 0) is 0 Å². The summed E-state index contributed by atoms with van der Waals surface area (Å²) in [5.41, 5.74) is 0. The van der Waals surface area contributed by atoms with Gasteiger partial charge in [0.1, 0.15) is 25.3 Å². The van der Waals surface area contributed by atoms with Crippen molar-refractivity contribution >= 4 is 11.9 Å². The fourth-order valence-electron chi connectivity index (χ4n) is 1.78. The molecule has 0 radical (unpaired) electrons. The zero-order valence-corrected chi connectivity index (χ0v) is 14.4. The number of carbonyl (C=O) groups is 2. The minimum atomic E-state index is -1.20. The summed E-state index contributed by atoms with van der Waals surface area (Å²) in [4.78, 5) is 20.0. The van der Waals surface area contributed by atoms with E-state index in [4.69, 9.17) is 10.2 Å². The monoisotopic (exact) mass is 322 g/mol. The number of nitrogens with zero attached hydrogens (tertiary/aromatic N) is 2. The van der Waals surface area contributed by atoms with E-state index in [0.29, 0.717) is 22.1 Å². The van der Waals surface area contributed by atoms with Crippen LogP contribution >= 0.6 is 0 Å². The molecule has 0 saturated carbocycles. The van der Waals surface area contributed by atoms with E-state index in [9.17, 15) is 19.8 Å². The lowest BCUT2D eigenvalue weighted by molar-refractivity contribution is -0.873. The second-order valence-electron chi connectivity index (χ2n) is 7.41. The van der Waals surface area contributed by atoms with Gasteiger partial charge in [-0.15, -0.1) is 0 Å². The van der Waals surface area contributed by atoms with Crippen LogP contribution in [-0.2, 0) is 9.59 Å². The second kappa shape index (κ2) is 9.73. The van der Waals surface area contributed by atoms with Crippen LogP contribution in [0.4, 0.5) is 0 Å². The lowest BCUT2D eigenvalue weighted by atomic mass is 10.2. The number of likely N-dealkylation sites (N-methyl/N-ethyl adjacent to an activating group) is 2. The third-order valence-corrected chi connectivity index (χ3v) is 2.32. The first kappa shape index (κ1) is 23.1. The molecule has 0 aliphatic rings. The van der Waals surface area contributed by atoms with E-state index in [2.05, 4.69) is 0 Å². The van der Waals surface area contributed by atoms with E-state index >= 15 is 0 Å². The Kier molecular flexibility index (Phi) is 10.2.